The molecule has 0 aromatic carbocycles. The van der Waals surface area contributed by atoms with Gasteiger partial charge in [-0.15, -0.1) is 0 Å². The van der Waals surface area contributed by atoms with Crippen LogP contribution < -0.4 is 5.73 Å². The van der Waals surface area contributed by atoms with Gasteiger partial charge in [0.05, 0.1) is 0 Å². The van der Waals surface area contributed by atoms with Crippen LogP contribution in [0.1, 0.15) is 48.5 Å². The molecule has 1 amide bonds. The normalized spacial score (nSPS) is 14.0. The predicted molar refractivity (Wildman–Crippen MR) is 75.5 cm³/mol. The second kappa shape index (κ2) is 6.89. The molecule has 0 aliphatic rings. The van der Waals surface area contributed by atoms with E-state index in [9.17, 15) is 9.59 Å². The van der Waals surface area contributed by atoms with Gasteiger partial charge in [-0.1, -0.05) is 0 Å². The molecule has 112 valence electrons. The lowest BCUT2D eigenvalue weighted by Gasteiger charge is -2.33. The second-order valence-corrected chi connectivity index (χ2v) is 6.37. The lowest BCUT2D eigenvalue weighted by Crippen LogP contribution is -2.47. The number of primary amides is 1. The summed E-state index contributed by atoms with van der Waals surface area (Å²) in [5.74, 6) is -2.11. The van der Waals surface area contributed by atoms with E-state index in [0.717, 1.165) is 0 Å². The molecular formula is C14H28N2O3. The minimum atomic E-state index is -0.927. The maximum absolute atomic E-state index is 12.0. The fraction of sp³-hybridized carbons (Fsp3) is 0.857. The van der Waals surface area contributed by atoms with E-state index in [4.69, 9.17) is 10.5 Å². The van der Waals surface area contributed by atoms with Gasteiger partial charge in [-0.2, -0.15) is 0 Å². The molecule has 1 atom stereocenters. The van der Waals surface area contributed by atoms with Crippen molar-refractivity contribution < 1.29 is 14.3 Å². The quantitative estimate of drug-likeness (QED) is 0.588. The number of ether oxygens (including phenoxy) is 1. The summed E-state index contributed by atoms with van der Waals surface area (Å²) < 4.78 is 5.26. The van der Waals surface area contributed by atoms with E-state index in [1.807, 2.05) is 27.7 Å². The van der Waals surface area contributed by atoms with Crippen molar-refractivity contribution >= 4 is 11.9 Å². The largest absolute Gasteiger partial charge is 0.459 e. The summed E-state index contributed by atoms with van der Waals surface area (Å²) >= 11 is 0. The Bertz CT molecular complexity index is 311. The Hall–Kier alpha value is -1.10. The third kappa shape index (κ3) is 6.57. The SMILES string of the molecule is CC(C)N(CC(C(N)=O)C(=O)OC(C)(C)C)C(C)C. The van der Waals surface area contributed by atoms with Gasteiger partial charge in [0.2, 0.25) is 5.91 Å². The molecule has 5 heteroatoms. The Morgan fingerprint density at radius 2 is 1.53 bits per heavy atom. The van der Waals surface area contributed by atoms with Crippen LogP contribution in [0, 0.1) is 5.92 Å². The Kier molecular flexibility index (Phi) is 6.49. The summed E-state index contributed by atoms with van der Waals surface area (Å²) in [5, 5.41) is 0. The van der Waals surface area contributed by atoms with Gasteiger partial charge in [-0.3, -0.25) is 14.5 Å². The lowest BCUT2D eigenvalue weighted by molar-refractivity contribution is -0.163. The molecule has 0 saturated heterocycles. The molecule has 0 aliphatic carbocycles. The van der Waals surface area contributed by atoms with Crippen molar-refractivity contribution in [3.8, 4) is 0 Å². The number of carbonyl (C=O) groups is 2. The minimum Gasteiger partial charge on any atom is -0.459 e. The molecular weight excluding hydrogens is 244 g/mol. The lowest BCUT2D eigenvalue weighted by atomic mass is 10.1. The van der Waals surface area contributed by atoms with E-state index >= 15 is 0 Å². The van der Waals surface area contributed by atoms with Gasteiger partial charge in [0, 0.05) is 18.6 Å². The van der Waals surface area contributed by atoms with Crippen LogP contribution in [0.4, 0.5) is 0 Å². The zero-order valence-electron chi connectivity index (χ0n) is 13.2. The standard InChI is InChI=1S/C14H28N2O3/c1-9(2)16(10(3)4)8-11(12(15)17)13(18)19-14(5,6)7/h9-11H,8H2,1-7H3,(H2,15,17). The third-order valence-electron chi connectivity index (χ3n) is 2.75. The van der Waals surface area contributed by atoms with E-state index in [0.29, 0.717) is 6.54 Å². The van der Waals surface area contributed by atoms with Crippen molar-refractivity contribution in [2.45, 2.75) is 66.2 Å². The Morgan fingerprint density at radius 3 is 1.79 bits per heavy atom. The number of carbonyl (C=O) groups excluding carboxylic acids is 2. The van der Waals surface area contributed by atoms with Crippen molar-refractivity contribution in [1.29, 1.82) is 0 Å². The maximum Gasteiger partial charge on any atom is 0.320 e. The average molecular weight is 272 g/mol. The summed E-state index contributed by atoms with van der Waals surface area (Å²) in [7, 11) is 0. The van der Waals surface area contributed by atoms with E-state index in [1.165, 1.54) is 0 Å². The van der Waals surface area contributed by atoms with Crippen LogP contribution in [0.25, 0.3) is 0 Å². The second-order valence-electron chi connectivity index (χ2n) is 6.37. The number of hydrogen-bond donors (Lipinski definition) is 1. The molecule has 1 unspecified atom stereocenters. The predicted octanol–water partition coefficient (Wildman–Crippen LogP) is 1.55. The first-order chi connectivity index (χ1) is 8.45. The van der Waals surface area contributed by atoms with Gasteiger partial charge >= 0.3 is 5.97 Å². The topological polar surface area (TPSA) is 72.6 Å². The van der Waals surface area contributed by atoms with E-state index in [-0.39, 0.29) is 12.1 Å². The van der Waals surface area contributed by atoms with Gasteiger partial charge < -0.3 is 10.5 Å². The first-order valence-corrected chi connectivity index (χ1v) is 6.73. The van der Waals surface area contributed by atoms with Crippen LogP contribution in [0.2, 0.25) is 0 Å². The van der Waals surface area contributed by atoms with Crippen LogP contribution >= 0.6 is 0 Å². The van der Waals surface area contributed by atoms with Crippen LogP contribution in [-0.2, 0) is 14.3 Å². The molecule has 0 bridgehead atoms. The minimum absolute atomic E-state index is 0.226. The van der Waals surface area contributed by atoms with E-state index in [1.54, 1.807) is 20.8 Å². The highest BCUT2D eigenvalue weighted by atomic mass is 16.6. The molecule has 0 aromatic heterocycles. The molecule has 0 heterocycles. The average Bonchev–Trinajstić information content (AvgIpc) is 2.12. The molecule has 0 spiro atoms. The van der Waals surface area contributed by atoms with Gasteiger partial charge in [0.1, 0.15) is 11.5 Å². The zero-order chi connectivity index (χ0) is 15.4. The first kappa shape index (κ1) is 17.9. The van der Waals surface area contributed by atoms with E-state index in [2.05, 4.69) is 4.90 Å². The highest BCUT2D eigenvalue weighted by Crippen LogP contribution is 2.15. The van der Waals surface area contributed by atoms with Crippen LogP contribution in [-0.4, -0.2) is 41.0 Å². The molecule has 0 aromatic rings. The molecule has 19 heavy (non-hydrogen) atoms. The van der Waals surface area contributed by atoms with Crippen LogP contribution in [0.3, 0.4) is 0 Å². The Balaban J connectivity index is 4.93. The van der Waals surface area contributed by atoms with Gasteiger partial charge in [0.15, 0.2) is 0 Å². The molecule has 5 nitrogen and oxygen atoms in total. The molecule has 0 rings (SSSR count). The number of nitrogens with zero attached hydrogens (tertiary/aromatic N) is 1. The molecule has 0 saturated carbocycles. The van der Waals surface area contributed by atoms with Crippen molar-refractivity contribution in [1.82, 2.24) is 4.90 Å². The smallest absolute Gasteiger partial charge is 0.320 e. The fourth-order valence-electron chi connectivity index (χ4n) is 1.88. The number of hydrogen-bond acceptors (Lipinski definition) is 4. The van der Waals surface area contributed by atoms with Crippen molar-refractivity contribution in [3.05, 3.63) is 0 Å². The summed E-state index contributed by atoms with van der Waals surface area (Å²) in [5.41, 5.74) is 4.72. The fourth-order valence-corrected chi connectivity index (χ4v) is 1.88. The van der Waals surface area contributed by atoms with Crippen molar-refractivity contribution in [2.24, 2.45) is 11.7 Å². The van der Waals surface area contributed by atoms with Gasteiger partial charge in [0.25, 0.3) is 0 Å². The Morgan fingerprint density at radius 1 is 1.11 bits per heavy atom. The molecule has 0 aliphatic heterocycles. The monoisotopic (exact) mass is 272 g/mol. The molecule has 2 N–H and O–H groups in total. The van der Waals surface area contributed by atoms with Gasteiger partial charge in [-0.25, -0.2) is 0 Å². The summed E-state index contributed by atoms with van der Waals surface area (Å²) in [6.07, 6.45) is 0. The van der Waals surface area contributed by atoms with Crippen LogP contribution in [0.15, 0.2) is 0 Å². The van der Waals surface area contributed by atoms with Crippen molar-refractivity contribution in [3.63, 3.8) is 0 Å². The zero-order valence-corrected chi connectivity index (χ0v) is 13.2. The number of amides is 1. The third-order valence-corrected chi connectivity index (χ3v) is 2.75. The number of nitrogens with two attached hydrogens (primary N) is 1. The molecule has 0 radical (unpaired) electrons. The first-order valence-electron chi connectivity index (χ1n) is 6.73. The summed E-state index contributed by atoms with van der Waals surface area (Å²) in [6, 6.07) is 0.452. The van der Waals surface area contributed by atoms with E-state index < -0.39 is 23.4 Å². The summed E-state index contributed by atoms with van der Waals surface area (Å²) in [4.78, 5) is 25.6. The molecule has 0 fully saturated rings. The maximum atomic E-state index is 12.0. The van der Waals surface area contributed by atoms with Crippen molar-refractivity contribution in [2.75, 3.05) is 6.54 Å². The highest BCUT2D eigenvalue weighted by molar-refractivity contribution is 5.97. The van der Waals surface area contributed by atoms with Gasteiger partial charge in [-0.05, 0) is 48.5 Å². The number of rotatable bonds is 6. The highest BCUT2D eigenvalue weighted by Gasteiger charge is 2.32. The summed E-state index contributed by atoms with van der Waals surface area (Å²) in [6.45, 7) is 13.7. The Labute approximate surface area is 116 Å². The number of esters is 1. The van der Waals surface area contributed by atoms with Crippen LogP contribution in [0.5, 0.6) is 0 Å².